The average Bonchev–Trinajstić information content (AvgIpc) is 3.24. The lowest BCUT2D eigenvalue weighted by molar-refractivity contribution is -0.153. The fourth-order valence-corrected chi connectivity index (χ4v) is 7.20. The predicted octanol–water partition coefficient (Wildman–Crippen LogP) is 2.45. The van der Waals surface area contributed by atoms with E-state index < -0.39 is 57.9 Å². The predicted molar refractivity (Wildman–Crippen MR) is 135 cm³/mol. The van der Waals surface area contributed by atoms with Crippen LogP contribution in [0.15, 0.2) is 16.9 Å². The Morgan fingerprint density at radius 1 is 1.14 bits per heavy atom. The van der Waals surface area contributed by atoms with E-state index in [9.17, 15) is 34.8 Å². The standard InChI is InChI=1S/C27H31ClN2O7/c1-5-6-30-9-14-15(10-30)22(32)19-13(20(14)28)7-12-8-16-21(29(3)4)24(34)17(11(2)31)25(35)27(16,37)26(36)18(12)23(19)33/h12,16,21,32-33,35,37H,5-10H2,1-4H3/t12-,16-,21-,27+/m0/s1. The summed E-state index contributed by atoms with van der Waals surface area (Å²) in [7, 11) is 3.21. The van der Waals surface area contributed by atoms with E-state index in [1.165, 1.54) is 4.90 Å². The Bertz CT molecular complexity index is 1330. The van der Waals surface area contributed by atoms with Gasteiger partial charge in [-0.25, -0.2) is 0 Å². The number of phenols is 1. The zero-order chi connectivity index (χ0) is 27.1. The Labute approximate surface area is 219 Å². The van der Waals surface area contributed by atoms with Crippen LogP contribution in [-0.2, 0) is 33.9 Å². The smallest absolute Gasteiger partial charge is 0.202 e. The van der Waals surface area contributed by atoms with Gasteiger partial charge in [0.15, 0.2) is 17.2 Å². The molecule has 4 aliphatic rings. The molecule has 4 N–H and O–H groups in total. The molecule has 1 aromatic carbocycles. The highest BCUT2D eigenvalue weighted by Crippen LogP contribution is 2.55. The summed E-state index contributed by atoms with van der Waals surface area (Å²) in [5, 5.41) is 45.8. The van der Waals surface area contributed by atoms with Gasteiger partial charge >= 0.3 is 0 Å². The van der Waals surface area contributed by atoms with Crippen LogP contribution < -0.4 is 0 Å². The van der Waals surface area contributed by atoms with Crippen LogP contribution in [0, 0.1) is 11.8 Å². The minimum atomic E-state index is -2.57. The Hall–Kier alpha value is -2.72. The SMILES string of the molecule is CCCN1Cc2c(O)c3c(c(Cl)c2C1)C[C@H]1C[C@H]2[C@H](N(C)C)C(=O)C(C(C)=O)=C(O)[C@@]2(O)C(=O)C1=C3O. The number of likely N-dealkylation sites (N-methyl/N-ethyl adjacent to an activating group) is 1. The summed E-state index contributed by atoms with van der Waals surface area (Å²) in [5.41, 5.74) is -1.34. The molecule has 10 heteroatoms. The van der Waals surface area contributed by atoms with Gasteiger partial charge in [-0.3, -0.25) is 24.2 Å². The van der Waals surface area contributed by atoms with Gasteiger partial charge in [0.1, 0.15) is 22.8 Å². The first-order valence-electron chi connectivity index (χ1n) is 12.5. The van der Waals surface area contributed by atoms with Crippen molar-refractivity contribution in [2.75, 3.05) is 20.6 Å². The molecule has 0 amide bonds. The number of aliphatic hydroxyl groups excluding tert-OH is 2. The number of carbonyl (C=O) groups is 3. The number of nitrogens with zero attached hydrogens (tertiary/aromatic N) is 2. The molecule has 1 saturated carbocycles. The highest BCUT2D eigenvalue weighted by Gasteiger charge is 2.64. The highest BCUT2D eigenvalue weighted by atomic mass is 35.5. The molecule has 1 aromatic rings. The largest absolute Gasteiger partial charge is 0.508 e. The number of ketones is 3. The van der Waals surface area contributed by atoms with E-state index in [-0.39, 0.29) is 29.7 Å². The molecule has 9 nitrogen and oxygen atoms in total. The third kappa shape index (κ3) is 3.37. The molecule has 0 radical (unpaired) electrons. The van der Waals surface area contributed by atoms with Crippen LogP contribution in [0.2, 0.25) is 5.02 Å². The summed E-state index contributed by atoms with van der Waals surface area (Å²) in [6.07, 6.45) is 1.20. The molecule has 1 heterocycles. The third-order valence-corrected chi connectivity index (χ3v) is 8.90. The molecular formula is C27H31ClN2O7. The monoisotopic (exact) mass is 530 g/mol. The van der Waals surface area contributed by atoms with Crippen molar-refractivity contribution in [2.45, 2.75) is 57.8 Å². The van der Waals surface area contributed by atoms with Crippen molar-refractivity contribution in [1.82, 2.24) is 9.80 Å². The van der Waals surface area contributed by atoms with Crippen LogP contribution in [0.25, 0.3) is 5.76 Å². The zero-order valence-corrected chi connectivity index (χ0v) is 22.0. The lowest BCUT2D eigenvalue weighted by Crippen LogP contribution is -2.65. The normalized spacial score (nSPS) is 29.4. The Morgan fingerprint density at radius 2 is 1.78 bits per heavy atom. The zero-order valence-electron chi connectivity index (χ0n) is 21.3. The van der Waals surface area contributed by atoms with Crippen molar-refractivity contribution in [2.24, 2.45) is 11.8 Å². The van der Waals surface area contributed by atoms with E-state index in [2.05, 4.69) is 11.8 Å². The van der Waals surface area contributed by atoms with Crippen LogP contribution in [0.3, 0.4) is 0 Å². The summed E-state index contributed by atoms with van der Waals surface area (Å²) in [4.78, 5) is 43.1. The summed E-state index contributed by atoms with van der Waals surface area (Å²) >= 11 is 6.83. The molecule has 1 fully saturated rings. The van der Waals surface area contributed by atoms with Gasteiger partial charge in [0.25, 0.3) is 0 Å². The Kier molecular flexibility index (Phi) is 6.06. The van der Waals surface area contributed by atoms with E-state index in [4.69, 9.17) is 11.6 Å². The minimum absolute atomic E-state index is 0.0649. The van der Waals surface area contributed by atoms with E-state index in [1.807, 2.05) is 0 Å². The number of carbonyl (C=O) groups excluding carboxylic acids is 3. The highest BCUT2D eigenvalue weighted by molar-refractivity contribution is 6.33. The topological polar surface area (TPSA) is 139 Å². The van der Waals surface area contributed by atoms with Crippen LogP contribution in [0.5, 0.6) is 5.75 Å². The average molecular weight is 531 g/mol. The third-order valence-electron chi connectivity index (χ3n) is 8.44. The van der Waals surface area contributed by atoms with Crippen molar-refractivity contribution in [1.29, 1.82) is 0 Å². The number of phenolic OH excluding ortho intramolecular Hbond substituents is 1. The van der Waals surface area contributed by atoms with Crippen LogP contribution in [0.4, 0.5) is 0 Å². The summed E-state index contributed by atoms with van der Waals surface area (Å²) in [6, 6.07) is -1.04. The molecule has 198 valence electrons. The first kappa shape index (κ1) is 25.9. The van der Waals surface area contributed by atoms with E-state index in [0.717, 1.165) is 25.5 Å². The van der Waals surface area contributed by atoms with Crippen LogP contribution >= 0.6 is 11.6 Å². The fourth-order valence-electron chi connectivity index (χ4n) is 6.85. The molecule has 0 aromatic heterocycles. The maximum absolute atomic E-state index is 13.9. The Morgan fingerprint density at radius 3 is 2.38 bits per heavy atom. The van der Waals surface area contributed by atoms with Gasteiger partial charge in [-0.05, 0) is 63.9 Å². The molecule has 37 heavy (non-hydrogen) atoms. The second kappa shape index (κ2) is 8.66. The van der Waals surface area contributed by atoms with Crippen molar-refractivity contribution in [3.63, 3.8) is 0 Å². The summed E-state index contributed by atoms with van der Waals surface area (Å²) in [5.74, 6) is -5.69. The number of halogens is 1. The number of rotatable bonds is 4. The Balaban J connectivity index is 1.71. The second-order valence-electron chi connectivity index (χ2n) is 10.8. The second-order valence-corrected chi connectivity index (χ2v) is 11.2. The first-order valence-corrected chi connectivity index (χ1v) is 12.9. The molecule has 0 saturated heterocycles. The van der Waals surface area contributed by atoms with E-state index in [1.54, 1.807) is 14.1 Å². The number of hydrogen-bond acceptors (Lipinski definition) is 9. The molecular weight excluding hydrogens is 500 g/mol. The molecule has 4 atom stereocenters. The van der Waals surface area contributed by atoms with Crippen molar-refractivity contribution < 1.29 is 34.8 Å². The summed E-state index contributed by atoms with van der Waals surface area (Å²) < 4.78 is 0. The van der Waals surface area contributed by atoms with Crippen molar-refractivity contribution in [3.8, 4) is 5.75 Å². The van der Waals surface area contributed by atoms with Gasteiger partial charge in [0.05, 0.1) is 11.6 Å². The van der Waals surface area contributed by atoms with Gasteiger partial charge in [0, 0.05) is 35.2 Å². The van der Waals surface area contributed by atoms with Crippen LogP contribution in [-0.4, -0.2) is 79.9 Å². The minimum Gasteiger partial charge on any atom is -0.508 e. The molecule has 0 bridgehead atoms. The fraction of sp³-hybridized carbons (Fsp3) is 0.519. The summed E-state index contributed by atoms with van der Waals surface area (Å²) in [6.45, 7) is 4.97. The molecule has 1 aliphatic heterocycles. The lowest BCUT2D eigenvalue weighted by Gasteiger charge is -2.50. The maximum atomic E-state index is 13.9. The number of benzene rings is 1. The number of hydrogen-bond donors (Lipinski definition) is 4. The van der Waals surface area contributed by atoms with Crippen molar-refractivity contribution >= 4 is 34.7 Å². The van der Waals surface area contributed by atoms with Crippen LogP contribution in [0.1, 0.15) is 48.9 Å². The number of aliphatic hydroxyl groups is 3. The van der Waals surface area contributed by atoms with Crippen molar-refractivity contribution in [3.05, 3.63) is 44.2 Å². The molecule has 0 spiro atoms. The van der Waals surface area contributed by atoms with Gasteiger partial charge in [-0.2, -0.15) is 0 Å². The first-order chi connectivity index (χ1) is 17.4. The number of fused-ring (bicyclic) bond motifs is 4. The quantitative estimate of drug-likeness (QED) is 0.432. The number of aromatic hydroxyl groups is 1. The lowest BCUT2D eigenvalue weighted by atomic mass is 9.57. The molecule has 3 aliphatic carbocycles. The van der Waals surface area contributed by atoms with E-state index in [0.29, 0.717) is 29.2 Å². The molecule has 0 unspecified atom stereocenters. The number of Topliss-reactive ketones (excluding diaryl/α,β-unsaturated/α-hetero) is 3. The maximum Gasteiger partial charge on any atom is 0.202 e. The van der Waals surface area contributed by atoms with Gasteiger partial charge in [-0.15, -0.1) is 0 Å². The van der Waals surface area contributed by atoms with E-state index >= 15 is 0 Å². The van der Waals surface area contributed by atoms with Gasteiger partial charge in [0.2, 0.25) is 5.78 Å². The molecule has 5 rings (SSSR count). The van der Waals surface area contributed by atoms with Gasteiger partial charge in [-0.1, -0.05) is 18.5 Å². The van der Waals surface area contributed by atoms with Gasteiger partial charge < -0.3 is 20.4 Å².